The third-order valence-electron chi connectivity index (χ3n) is 1.74. The lowest BCUT2D eigenvalue weighted by molar-refractivity contribution is -0.122. The summed E-state index contributed by atoms with van der Waals surface area (Å²) in [6.45, 7) is 2.37. The zero-order valence-corrected chi connectivity index (χ0v) is 8.30. The molecule has 4 nitrogen and oxygen atoms in total. The van der Waals surface area contributed by atoms with Crippen LogP contribution in [0.1, 0.15) is 26.2 Å². The van der Waals surface area contributed by atoms with Crippen LogP contribution in [0.15, 0.2) is 0 Å². The minimum Gasteiger partial charge on any atom is -0.347 e. The minimum absolute atomic E-state index is 0.147. The molecule has 0 aromatic carbocycles. The van der Waals surface area contributed by atoms with Crippen LogP contribution in [0.5, 0.6) is 0 Å². The van der Waals surface area contributed by atoms with Gasteiger partial charge in [-0.05, 0) is 32.9 Å². The second-order valence-electron chi connectivity index (χ2n) is 3.04. The molecule has 0 heterocycles. The average molecular weight is 186 g/mol. The van der Waals surface area contributed by atoms with Crippen LogP contribution in [-0.2, 0) is 9.59 Å². The zero-order chi connectivity index (χ0) is 10.1. The Labute approximate surface area is 79.1 Å². The lowest BCUT2D eigenvalue weighted by Gasteiger charge is -2.10. The lowest BCUT2D eigenvalue weighted by Crippen LogP contribution is -2.34. The number of amides is 1. The zero-order valence-electron chi connectivity index (χ0n) is 8.30. The molecule has 76 valence electrons. The highest BCUT2D eigenvalue weighted by molar-refractivity contribution is 5.77. The van der Waals surface area contributed by atoms with E-state index in [1.165, 1.54) is 6.92 Å². The summed E-state index contributed by atoms with van der Waals surface area (Å²) >= 11 is 0. The van der Waals surface area contributed by atoms with Gasteiger partial charge < -0.3 is 15.4 Å². The summed E-state index contributed by atoms with van der Waals surface area (Å²) in [4.78, 5) is 21.1. The SMILES string of the molecule is CNCCCCC(C=O)NC(C)=O. The van der Waals surface area contributed by atoms with Crippen LogP contribution < -0.4 is 10.6 Å². The van der Waals surface area contributed by atoms with Gasteiger partial charge in [-0.15, -0.1) is 0 Å². The van der Waals surface area contributed by atoms with Crippen molar-refractivity contribution < 1.29 is 9.59 Å². The number of hydrogen-bond acceptors (Lipinski definition) is 3. The smallest absolute Gasteiger partial charge is 0.217 e. The van der Waals surface area contributed by atoms with Gasteiger partial charge in [0.1, 0.15) is 6.29 Å². The summed E-state index contributed by atoms with van der Waals surface area (Å²) < 4.78 is 0. The van der Waals surface area contributed by atoms with Crippen LogP contribution in [0.25, 0.3) is 0 Å². The second-order valence-corrected chi connectivity index (χ2v) is 3.04. The molecule has 0 aromatic rings. The third kappa shape index (κ3) is 7.46. The molecule has 0 radical (unpaired) electrons. The molecule has 0 aliphatic rings. The number of aldehydes is 1. The molecule has 0 saturated heterocycles. The van der Waals surface area contributed by atoms with Crippen molar-refractivity contribution in [1.29, 1.82) is 0 Å². The van der Waals surface area contributed by atoms with Crippen LogP contribution >= 0.6 is 0 Å². The Morgan fingerprint density at radius 3 is 2.62 bits per heavy atom. The van der Waals surface area contributed by atoms with E-state index in [0.29, 0.717) is 0 Å². The monoisotopic (exact) mass is 186 g/mol. The predicted octanol–water partition coefficient (Wildman–Crippen LogP) is 0.0797. The third-order valence-corrected chi connectivity index (χ3v) is 1.74. The number of carbonyl (C=O) groups excluding carboxylic acids is 2. The van der Waals surface area contributed by atoms with E-state index in [1.807, 2.05) is 7.05 Å². The molecule has 0 rings (SSSR count). The van der Waals surface area contributed by atoms with Gasteiger partial charge in [0.15, 0.2) is 0 Å². The molecule has 0 aromatic heterocycles. The first-order valence-corrected chi connectivity index (χ1v) is 4.57. The normalized spacial score (nSPS) is 12.2. The standard InChI is InChI=1S/C9H18N2O2/c1-8(13)11-9(7-12)5-3-4-6-10-2/h7,9-10H,3-6H2,1-2H3,(H,11,13). The first kappa shape index (κ1) is 12.1. The van der Waals surface area contributed by atoms with Gasteiger partial charge in [0.05, 0.1) is 6.04 Å². The van der Waals surface area contributed by atoms with Crippen LogP contribution in [0.2, 0.25) is 0 Å². The molecule has 0 spiro atoms. The quantitative estimate of drug-likeness (QED) is 0.437. The van der Waals surface area contributed by atoms with Crippen molar-refractivity contribution >= 4 is 12.2 Å². The summed E-state index contributed by atoms with van der Waals surface area (Å²) in [5, 5.41) is 5.60. The average Bonchev–Trinajstić information content (AvgIpc) is 2.09. The topological polar surface area (TPSA) is 58.2 Å². The highest BCUT2D eigenvalue weighted by Gasteiger charge is 2.06. The van der Waals surface area contributed by atoms with Crippen molar-refractivity contribution in [2.24, 2.45) is 0 Å². The number of hydrogen-bond donors (Lipinski definition) is 2. The van der Waals surface area contributed by atoms with Gasteiger partial charge in [0.2, 0.25) is 5.91 Å². The Hall–Kier alpha value is -0.900. The fraction of sp³-hybridized carbons (Fsp3) is 0.778. The molecule has 2 N–H and O–H groups in total. The Morgan fingerprint density at radius 1 is 1.46 bits per heavy atom. The summed E-state index contributed by atoms with van der Waals surface area (Å²) in [6.07, 6.45) is 3.50. The number of nitrogens with one attached hydrogen (secondary N) is 2. The van der Waals surface area contributed by atoms with E-state index in [1.54, 1.807) is 0 Å². The van der Waals surface area contributed by atoms with Crippen molar-refractivity contribution in [3.63, 3.8) is 0 Å². The molecule has 13 heavy (non-hydrogen) atoms. The molecule has 1 amide bonds. The molecule has 1 unspecified atom stereocenters. The van der Waals surface area contributed by atoms with Crippen LogP contribution in [0, 0.1) is 0 Å². The maximum atomic E-state index is 10.6. The number of carbonyl (C=O) groups is 2. The predicted molar refractivity (Wildman–Crippen MR) is 51.4 cm³/mol. The van der Waals surface area contributed by atoms with Crippen molar-refractivity contribution in [3.05, 3.63) is 0 Å². The van der Waals surface area contributed by atoms with Crippen molar-refractivity contribution in [2.45, 2.75) is 32.2 Å². The van der Waals surface area contributed by atoms with Gasteiger partial charge in [-0.25, -0.2) is 0 Å². The van der Waals surface area contributed by atoms with Gasteiger partial charge in [-0.1, -0.05) is 0 Å². The Bertz CT molecular complexity index is 160. The van der Waals surface area contributed by atoms with Crippen LogP contribution in [0.3, 0.4) is 0 Å². The van der Waals surface area contributed by atoms with E-state index in [0.717, 1.165) is 32.1 Å². The highest BCUT2D eigenvalue weighted by Crippen LogP contribution is 1.98. The molecule has 0 bridgehead atoms. The summed E-state index contributed by atoms with van der Waals surface area (Å²) in [7, 11) is 1.89. The fourth-order valence-corrected chi connectivity index (χ4v) is 1.10. The second kappa shape index (κ2) is 7.73. The van der Waals surface area contributed by atoms with Gasteiger partial charge in [-0.3, -0.25) is 4.79 Å². The van der Waals surface area contributed by atoms with E-state index in [9.17, 15) is 9.59 Å². The summed E-state index contributed by atoms with van der Waals surface area (Å²) in [6, 6.07) is -0.311. The van der Waals surface area contributed by atoms with Crippen LogP contribution in [0.4, 0.5) is 0 Å². The minimum atomic E-state index is -0.311. The number of rotatable bonds is 7. The largest absolute Gasteiger partial charge is 0.347 e. The van der Waals surface area contributed by atoms with Crippen molar-refractivity contribution in [2.75, 3.05) is 13.6 Å². The van der Waals surface area contributed by atoms with E-state index in [2.05, 4.69) is 10.6 Å². The first-order valence-electron chi connectivity index (χ1n) is 4.57. The first-order chi connectivity index (χ1) is 6.20. The molecule has 4 heteroatoms. The fourth-order valence-electron chi connectivity index (χ4n) is 1.10. The molecule has 0 fully saturated rings. The van der Waals surface area contributed by atoms with Crippen molar-refractivity contribution in [3.8, 4) is 0 Å². The van der Waals surface area contributed by atoms with E-state index < -0.39 is 0 Å². The van der Waals surface area contributed by atoms with Gasteiger partial charge in [0, 0.05) is 6.92 Å². The maximum absolute atomic E-state index is 10.6. The van der Waals surface area contributed by atoms with Crippen molar-refractivity contribution in [1.82, 2.24) is 10.6 Å². The molecule has 0 aliphatic heterocycles. The molecule has 1 atom stereocenters. The van der Waals surface area contributed by atoms with E-state index >= 15 is 0 Å². The maximum Gasteiger partial charge on any atom is 0.217 e. The van der Waals surface area contributed by atoms with Gasteiger partial charge in [0.25, 0.3) is 0 Å². The molecule has 0 saturated carbocycles. The lowest BCUT2D eigenvalue weighted by atomic mass is 10.1. The molecular weight excluding hydrogens is 168 g/mol. The Balaban J connectivity index is 3.48. The number of unbranched alkanes of at least 4 members (excludes halogenated alkanes) is 1. The van der Waals surface area contributed by atoms with E-state index in [-0.39, 0.29) is 11.9 Å². The van der Waals surface area contributed by atoms with Crippen LogP contribution in [-0.4, -0.2) is 31.8 Å². The molecular formula is C9H18N2O2. The summed E-state index contributed by atoms with van der Waals surface area (Å²) in [5.41, 5.74) is 0. The van der Waals surface area contributed by atoms with E-state index in [4.69, 9.17) is 0 Å². The summed E-state index contributed by atoms with van der Waals surface area (Å²) in [5.74, 6) is -0.147. The van der Waals surface area contributed by atoms with Gasteiger partial charge >= 0.3 is 0 Å². The van der Waals surface area contributed by atoms with Gasteiger partial charge in [-0.2, -0.15) is 0 Å². The highest BCUT2D eigenvalue weighted by atomic mass is 16.2. The Morgan fingerprint density at radius 2 is 2.15 bits per heavy atom. The molecule has 0 aliphatic carbocycles. The Kier molecular flexibility index (Phi) is 7.20.